The van der Waals surface area contributed by atoms with Crippen molar-refractivity contribution in [2.45, 2.75) is 13.5 Å². The lowest BCUT2D eigenvalue weighted by Gasteiger charge is -2.06. The van der Waals surface area contributed by atoms with Crippen LogP contribution in [0.2, 0.25) is 0 Å². The second-order valence-corrected chi connectivity index (χ2v) is 2.70. The van der Waals surface area contributed by atoms with Crippen LogP contribution in [0.25, 0.3) is 0 Å². The first-order valence-electron chi connectivity index (χ1n) is 3.81. The molecule has 0 heterocycles. The number of nitro groups is 1. The fourth-order valence-corrected chi connectivity index (χ4v) is 0.978. The molecular weight excluding hydrogens is 215 g/mol. The summed E-state index contributed by atoms with van der Waals surface area (Å²) in [6, 6.07) is 1.41. The number of rotatable bonds is 3. The van der Waals surface area contributed by atoms with Gasteiger partial charge in [-0.3, -0.25) is 10.1 Å². The Labute approximate surface area is 82.4 Å². The molecule has 1 rings (SSSR count). The zero-order valence-electron chi connectivity index (χ0n) is 7.54. The number of aryl methyl sites for hydroxylation is 1. The number of nitro benzene ring substituents is 1. The highest BCUT2D eigenvalue weighted by Crippen LogP contribution is 2.30. The molecule has 7 heteroatoms. The molecule has 15 heavy (non-hydrogen) atoms. The average molecular weight is 221 g/mol. The van der Waals surface area contributed by atoms with Gasteiger partial charge in [0.1, 0.15) is 5.82 Å². The van der Waals surface area contributed by atoms with Crippen molar-refractivity contribution >= 4 is 5.69 Å². The van der Waals surface area contributed by atoms with Gasteiger partial charge in [0.2, 0.25) is 5.75 Å². The Hall–Kier alpha value is -1.79. The number of benzene rings is 1. The van der Waals surface area contributed by atoms with Gasteiger partial charge in [0.25, 0.3) is 0 Å². The number of hydrogen-bond acceptors (Lipinski definition) is 3. The number of hydrogen-bond donors (Lipinski definition) is 0. The Bertz CT molecular complexity index is 395. The molecule has 0 amide bonds. The third-order valence-corrected chi connectivity index (χ3v) is 1.65. The molecule has 0 aliphatic carbocycles. The largest absolute Gasteiger partial charge is 0.427 e. The summed E-state index contributed by atoms with van der Waals surface area (Å²) in [5.41, 5.74) is -0.824. The summed E-state index contributed by atoms with van der Waals surface area (Å²) in [6.07, 6.45) is 0. The summed E-state index contributed by atoms with van der Waals surface area (Å²) in [4.78, 5) is 9.39. The number of halogens is 3. The van der Waals surface area contributed by atoms with Gasteiger partial charge in [-0.2, -0.15) is 8.78 Å². The monoisotopic (exact) mass is 221 g/mol. The van der Waals surface area contributed by atoms with E-state index in [1.54, 1.807) is 0 Å². The van der Waals surface area contributed by atoms with Crippen LogP contribution in [0, 0.1) is 22.9 Å². The zero-order chi connectivity index (χ0) is 11.6. The van der Waals surface area contributed by atoms with E-state index in [1.807, 2.05) is 0 Å². The maximum atomic E-state index is 12.9. The normalized spacial score (nSPS) is 10.5. The van der Waals surface area contributed by atoms with Crippen molar-refractivity contribution in [3.8, 4) is 5.75 Å². The molecule has 0 bridgehead atoms. The minimum Gasteiger partial charge on any atom is -0.427 e. The predicted octanol–water partition coefficient (Wildman–Crippen LogP) is 2.64. The summed E-state index contributed by atoms with van der Waals surface area (Å²) < 4.78 is 40.5. The van der Waals surface area contributed by atoms with Crippen molar-refractivity contribution in [1.82, 2.24) is 0 Å². The number of alkyl halides is 2. The minimum atomic E-state index is -3.19. The van der Waals surface area contributed by atoms with Crippen LogP contribution in [0.15, 0.2) is 12.1 Å². The van der Waals surface area contributed by atoms with Crippen LogP contribution in [0.3, 0.4) is 0 Å². The average Bonchev–Trinajstić information content (AvgIpc) is 2.09. The standard InChI is InChI=1S/C8H6F3NO3/c1-4-2-7(15-8(10)11)6(12(13)14)3-5(4)9/h2-3,8H,1H3. The van der Waals surface area contributed by atoms with Gasteiger partial charge in [-0.15, -0.1) is 0 Å². The van der Waals surface area contributed by atoms with E-state index in [0.29, 0.717) is 6.07 Å². The molecular formula is C8H6F3NO3. The molecule has 4 nitrogen and oxygen atoms in total. The van der Waals surface area contributed by atoms with Gasteiger partial charge in [-0.25, -0.2) is 4.39 Å². The van der Waals surface area contributed by atoms with Crippen LogP contribution in [0.1, 0.15) is 5.56 Å². The molecule has 0 unspecified atom stereocenters. The van der Waals surface area contributed by atoms with Crippen molar-refractivity contribution in [3.63, 3.8) is 0 Å². The summed E-state index contributed by atoms with van der Waals surface area (Å²) in [7, 11) is 0. The van der Waals surface area contributed by atoms with Crippen LogP contribution in [0.4, 0.5) is 18.9 Å². The van der Waals surface area contributed by atoms with E-state index in [1.165, 1.54) is 6.92 Å². The first-order chi connectivity index (χ1) is 6.91. The summed E-state index contributed by atoms with van der Waals surface area (Å²) in [6.45, 7) is -1.90. The molecule has 0 N–H and O–H groups in total. The Morgan fingerprint density at radius 1 is 1.47 bits per heavy atom. The van der Waals surface area contributed by atoms with Crippen molar-refractivity contribution in [2.24, 2.45) is 0 Å². The number of nitrogens with zero attached hydrogens (tertiary/aromatic N) is 1. The first kappa shape index (κ1) is 11.3. The Morgan fingerprint density at radius 3 is 2.53 bits per heavy atom. The van der Waals surface area contributed by atoms with Gasteiger partial charge < -0.3 is 4.74 Å². The van der Waals surface area contributed by atoms with Crippen molar-refractivity contribution in [3.05, 3.63) is 33.6 Å². The molecule has 0 aliphatic heterocycles. The van der Waals surface area contributed by atoms with Gasteiger partial charge in [-0.1, -0.05) is 0 Å². The SMILES string of the molecule is Cc1cc(OC(F)F)c([N+](=O)[O-])cc1F. The van der Waals surface area contributed by atoms with E-state index < -0.39 is 28.8 Å². The molecule has 0 aromatic heterocycles. The highest BCUT2D eigenvalue weighted by molar-refractivity contribution is 5.48. The quantitative estimate of drug-likeness (QED) is 0.582. The molecule has 0 aliphatic rings. The molecule has 0 saturated heterocycles. The third kappa shape index (κ3) is 2.58. The Kier molecular flexibility index (Phi) is 3.13. The highest BCUT2D eigenvalue weighted by atomic mass is 19.3. The third-order valence-electron chi connectivity index (χ3n) is 1.65. The van der Waals surface area contributed by atoms with E-state index in [2.05, 4.69) is 4.74 Å². The fourth-order valence-electron chi connectivity index (χ4n) is 0.978. The van der Waals surface area contributed by atoms with Crippen LogP contribution in [-0.4, -0.2) is 11.5 Å². The maximum absolute atomic E-state index is 12.9. The molecule has 1 aromatic carbocycles. The predicted molar refractivity (Wildman–Crippen MR) is 44.4 cm³/mol. The van der Waals surface area contributed by atoms with Crippen LogP contribution < -0.4 is 4.74 Å². The molecule has 1 aromatic rings. The topological polar surface area (TPSA) is 52.4 Å². The van der Waals surface area contributed by atoms with Gasteiger partial charge in [0.15, 0.2) is 0 Å². The molecule has 0 fully saturated rings. The van der Waals surface area contributed by atoms with Gasteiger partial charge >= 0.3 is 12.3 Å². The summed E-state index contributed by atoms with van der Waals surface area (Å²) in [5, 5.41) is 10.4. The second-order valence-electron chi connectivity index (χ2n) is 2.70. The van der Waals surface area contributed by atoms with E-state index in [0.717, 1.165) is 6.07 Å². The minimum absolute atomic E-state index is 0.00347. The summed E-state index contributed by atoms with van der Waals surface area (Å²) >= 11 is 0. The molecule has 82 valence electrons. The lowest BCUT2D eigenvalue weighted by molar-refractivity contribution is -0.386. The van der Waals surface area contributed by atoms with Gasteiger partial charge in [0, 0.05) is 0 Å². The maximum Gasteiger partial charge on any atom is 0.387 e. The Balaban J connectivity index is 3.22. The number of ether oxygens (including phenoxy) is 1. The molecule has 0 saturated carbocycles. The lowest BCUT2D eigenvalue weighted by Crippen LogP contribution is -2.05. The fraction of sp³-hybridized carbons (Fsp3) is 0.250. The summed E-state index contributed by atoms with van der Waals surface area (Å²) in [5.74, 6) is -1.49. The first-order valence-corrected chi connectivity index (χ1v) is 3.81. The van der Waals surface area contributed by atoms with Crippen LogP contribution in [-0.2, 0) is 0 Å². The van der Waals surface area contributed by atoms with Crippen molar-refractivity contribution < 1.29 is 22.8 Å². The smallest absolute Gasteiger partial charge is 0.387 e. The van der Waals surface area contributed by atoms with E-state index in [9.17, 15) is 23.3 Å². The van der Waals surface area contributed by atoms with E-state index in [4.69, 9.17) is 0 Å². The zero-order valence-corrected chi connectivity index (χ0v) is 7.54. The van der Waals surface area contributed by atoms with E-state index >= 15 is 0 Å². The van der Waals surface area contributed by atoms with Crippen molar-refractivity contribution in [2.75, 3.05) is 0 Å². The van der Waals surface area contributed by atoms with Gasteiger partial charge in [0.05, 0.1) is 11.0 Å². The van der Waals surface area contributed by atoms with Crippen LogP contribution >= 0.6 is 0 Å². The highest BCUT2D eigenvalue weighted by Gasteiger charge is 2.20. The van der Waals surface area contributed by atoms with Crippen LogP contribution in [0.5, 0.6) is 5.75 Å². The lowest BCUT2D eigenvalue weighted by atomic mass is 10.2. The Morgan fingerprint density at radius 2 is 2.07 bits per heavy atom. The van der Waals surface area contributed by atoms with Gasteiger partial charge in [-0.05, 0) is 18.6 Å². The van der Waals surface area contributed by atoms with Crippen molar-refractivity contribution in [1.29, 1.82) is 0 Å². The molecule has 0 radical (unpaired) electrons. The van der Waals surface area contributed by atoms with E-state index in [-0.39, 0.29) is 5.56 Å². The molecule has 0 atom stereocenters. The second kappa shape index (κ2) is 4.16. The molecule has 0 spiro atoms.